The van der Waals surface area contributed by atoms with Gasteiger partial charge in [0.15, 0.2) is 6.61 Å². The van der Waals surface area contributed by atoms with E-state index in [4.69, 9.17) is 21.1 Å². The van der Waals surface area contributed by atoms with Crippen LogP contribution < -0.4 is 14.8 Å². The summed E-state index contributed by atoms with van der Waals surface area (Å²) in [5.74, 6) is -0.669. The average Bonchev–Trinajstić information content (AvgIpc) is 2.79. The topological polar surface area (TPSA) is 111 Å². The maximum absolute atomic E-state index is 12.3. The number of hydrogen-bond acceptors (Lipinski definition) is 6. The van der Waals surface area contributed by atoms with E-state index >= 15 is 0 Å². The zero-order valence-corrected chi connectivity index (χ0v) is 20.3. The molecule has 0 radical (unpaired) electrons. The minimum absolute atomic E-state index is 0.0220. The van der Waals surface area contributed by atoms with Crippen LogP contribution in [0, 0.1) is 0 Å². The van der Waals surface area contributed by atoms with E-state index < -0.39 is 21.9 Å². The van der Waals surface area contributed by atoms with Crippen LogP contribution in [0.2, 0.25) is 5.02 Å². The van der Waals surface area contributed by atoms with Crippen LogP contribution in [0.3, 0.4) is 0 Å². The fraction of sp³-hybridized carbons (Fsp3) is 0.391. The van der Waals surface area contributed by atoms with Gasteiger partial charge in [-0.05, 0) is 55.3 Å². The normalized spacial score (nSPS) is 11.1. The van der Waals surface area contributed by atoms with Gasteiger partial charge in [0.2, 0.25) is 10.0 Å². The Hall–Kier alpha value is -2.62. The van der Waals surface area contributed by atoms with Crippen molar-refractivity contribution in [3.05, 3.63) is 53.1 Å². The highest BCUT2D eigenvalue weighted by Crippen LogP contribution is 2.27. The van der Waals surface area contributed by atoms with Gasteiger partial charge in [0, 0.05) is 12.2 Å². The van der Waals surface area contributed by atoms with Crippen molar-refractivity contribution >= 4 is 39.2 Å². The number of sulfonamides is 1. The third-order valence-electron chi connectivity index (χ3n) is 4.53. The standard InChI is InChI=1S/C23H29ClN2O6S/c1-3-5-13-25-33(29,30)19-11-12-21(20(24)15-19)32-16-22(27)26-18-9-7-17(8-10-18)23(28)31-14-6-4-2/h7-12,15,25H,3-6,13-14,16H2,1-2H3,(H,26,27). The summed E-state index contributed by atoms with van der Waals surface area (Å²) < 4.78 is 37.6. The van der Waals surface area contributed by atoms with Gasteiger partial charge in [-0.2, -0.15) is 0 Å². The first-order valence-corrected chi connectivity index (χ1v) is 12.6. The molecule has 0 saturated carbocycles. The van der Waals surface area contributed by atoms with Gasteiger partial charge in [-0.1, -0.05) is 38.3 Å². The lowest BCUT2D eigenvalue weighted by Crippen LogP contribution is -2.24. The maximum atomic E-state index is 12.3. The number of rotatable bonds is 13. The van der Waals surface area contributed by atoms with Crippen LogP contribution in [0.1, 0.15) is 49.9 Å². The summed E-state index contributed by atoms with van der Waals surface area (Å²) in [5, 5.41) is 2.73. The van der Waals surface area contributed by atoms with Gasteiger partial charge >= 0.3 is 5.97 Å². The minimum atomic E-state index is -3.66. The number of esters is 1. The monoisotopic (exact) mass is 496 g/mol. The van der Waals surface area contributed by atoms with E-state index in [9.17, 15) is 18.0 Å². The smallest absolute Gasteiger partial charge is 0.338 e. The summed E-state index contributed by atoms with van der Waals surface area (Å²) in [6.45, 7) is 4.36. The number of carbonyl (C=O) groups is 2. The van der Waals surface area contributed by atoms with Crippen molar-refractivity contribution in [1.29, 1.82) is 0 Å². The first-order valence-electron chi connectivity index (χ1n) is 10.8. The molecular formula is C23H29ClN2O6S. The van der Waals surface area contributed by atoms with Gasteiger partial charge in [0.05, 0.1) is 22.1 Å². The Bertz CT molecular complexity index is 1040. The molecule has 10 heteroatoms. The quantitative estimate of drug-likeness (QED) is 0.314. The molecule has 180 valence electrons. The molecule has 0 spiro atoms. The molecule has 0 aliphatic rings. The van der Waals surface area contributed by atoms with E-state index in [-0.39, 0.29) is 22.3 Å². The Morgan fingerprint density at radius 1 is 1.00 bits per heavy atom. The molecule has 0 aliphatic heterocycles. The summed E-state index contributed by atoms with van der Waals surface area (Å²) in [6.07, 6.45) is 3.34. The maximum Gasteiger partial charge on any atom is 0.338 e. The summed E-state index contributed by atoms with van der Waals surface area (Å²) in [5.41, 5.74) is 0.880. The molecule has 2 rings (SSSR count). The van der Waals surface area contributed by atoms with Gasteiger partial charge in [-0.3, -0.25) is 4.79 Å². The second-order valence-electron chi connectivity index (χ2n) is 7.25. The zero-order chi connectivity index (χ0) is 24.3. The minimum Gasteiger partial charge on any atom is -0.482 e. The fourth-order valence-corrected chi connectivity index (χ4v) is 4.05. The van der Waals surface area contributed by atoms with Gasteiger partial charge in [0.1, 0.15) is 5.75 Å². The third kappa shape index (κ3) is 8.68. The molecular weight excluding hydrogens is 468 g/mol. The van der Waals surface area contributed by atoms with Gasteiger partial charge < -0.3 is 14.8 Å². The van der Waals surface area contributed by atoms with Crippen molar-refractivity contribution < 1.29 is 27.5 Å². The first kappa shape index (κ1) is 26.6. The Balaban J connectivity index is 1.88. The van der Waals surface area contributed by atoms with Gasteiger partial charge in [-0.25, -0.2) is 17.9 Å². The van der Waals surface area contributed by atoms with Crippen molar-refractivity contribution in [3.8, 4) is 5.75 Å². The highest BCUT2D eigenvalue weighted by atomic mass is 35.5. The molecule has 33 heavy (non-hydrogen) atoms. The number of nitrogens with one attached hydrogen (secondary N) is 2. The lowest BCUT2D eigenvalue weighted by Gasteiger charge is -2.11. The number of unbranched alkanes of at least 4 members (excludes halogenated alkanes) is 2. The van der Waals surface area contributed by atoms with Crippen molar-refractivity contribution in [2.45, 2.75) is 44.4 Å². The van der Waals surface area contributed by atoms with E-state index in [1.54, 1.807) is 24.3 Å². The Kier molecular flexibility index (Phi) is 10.6. The summed E-state index contributed by atoms with van der Waals surface area (Å²) in [6, 6.07) is 10.4. The zero-order valence-electron chi connectivity index (χ0n) is 18.7. The van der Waals surface area contributed by atoms with Crippen molar-refractivity contribution in [1.82, 2.24) is 4.72 Å². The van der Waals surface area contributed by atoms with E-state index in [1.807, 2.05) is 13.8 Å². The fourth-order valence-electron chi connectivity index (χ4n) is 2.65. The largest absolute Gasteiger partial charge is 0.482 e. The van der Waals surface area contributed by atoms with Gasteiger partial charge in [-0.15, -0.1) is 0 Å². The summed E-state index contributed by atoms with van der Waals surface area (Å²) >= 11 is 6.14. The molecule has 2 aromatic carbocycles. The van der Waals surface area contributed by atoms with E-state index in [0.29, 0.717) is 24.4 Å². The molecule has 0 heterocycles. The molecule has 0 bridgehead atoms. The molecule has 0 fully saturated rings. The molecule has 0 aromatic heterocycles. The predicted octanol–water partition coefficient (Wildman–Crippen LogP) is 4.39. The number of halogens is 1. The Labute approximate surface area is 199 Å². The molecule has 1 amide bonds. The Morgan fingerprint density at radius 2 is 1.70 bits per heavy atom. The lowest BCUT2D eigenvalue weighted by atomic mass is 10.2. The molecule has 2 aromatic rings. The van der Waals surface area contributed by atoms with E-state index in [2.05, 4.69) is 10.0 Å². The highest BCUT2D eigenvalue weighted by molar-refractivity contribution is 7.89. The van der Waals surface area contributed by atoms with Crippen LogP contribution >= 0.6 is 11.6 Å². The first-order chi connectivity index (χ1) is 15.8. The summed E-state index contributed by atoms with van der Waals surface area (Å²) in [7, 11) is -3.66. The molecule has 0 saturated heterocycles. The van der Waals surface area contributed by atoms with Crippen molar-refractivity contribution in [2.24, 2.45) is 0 Å². The van der Waals surface area contributed by atoms with Crippen LogP contribution in [-0.2, 0) is 19.6 Å². The molecule has 0 atom stereocenters. The van der Waals surface area contributed by atoms with E-state index in [1.165, 1.54) is 18.2 Å². The predicted molar refractivity (Wildman–Crippen MR) is 127 cm³/mol. The lowest BCUT2D eigenvalue weighted by molar-refractivity contribution is -0.118. The van der Waals surface area contributed by atoms with Crippen LogP contribution in [-0.4, -0.2) is 40.1 Å². The number of hydrogen-bond donors (Lipinski definition) is 2. The third-order valence-corrected chi connectivity index (χ3v) is 6.28. The van der Waals surface area contributed by atoms with Crippen molar-refractivity contribution in [2.75, 3.05) is 25.1 Å². The average molecular weight is 497 g/mol. The number of anilines is 1. The summed E-state index contributed by atoms with van der Waals surface area (Å²) in [4.78, 5) is 24.1. The van der Waals surface area contributed by atoms with Crippen LogP contribution in [0.5, 0.6) is 5.75 Å². The number of ether oxygens (including phenoxy) is 2. The number of amides is 1. The molecule has 0 unspecified atom stereocenters. The van der Waals surface area contributed by atoms with Crippen LogP contribution in [0.25, 0.3) is 0 Å². The van der Waals surface area contributed by atoms with Crippen molar-refractivity contribution in [3.63, 3.8) is 0 Å². The highest BCUT2D eigenvalue weighted by Gasteiger charge is 2.16. The number of carbonyl (C=O) groups excluding carboxylic acids is 2. The Morgan fingerprint density at radius 3 is 2.33 bits per heavy atom. The van der Waals surface area contributed by atoms with Crippen LogP contribution in [0.4, 0.5) is 5.69 Å². The second-order valence-corrected chi connectivity index (χ2v) is 9.42. The van der Waals surface area contributed by atoms with E-state index in [0.717, 1.165) is 25.7 Å². The second kappa shape index (κ2) is 13.2. The van der Waals surface area contributed by atoms with Gasteiger partial charge in [0.25, 0.3) is 5.91 Å². The molecule has 8 nitrogen and oxygen atoms in total. The van der Waals surface area contributed by atoms with Crippen LogP contribution in [0.15, 0.2) is 47.4 Å². The number of benzene rings is 2. The molecule has 0 aliphatic carbocycles. The SMILES string of the molecule is CCCCNS(=O)(=O)c1ccc(OCC(=O)Nc2ccc(C(=O)OCCCC)cc2)c(Cl)c1. The molecule has 2 N–H and O–H groups in total.